The molecule has 0 N–H and O–H groups in total. The number of rotatable bonds is 4. The summed E-state index contributed by atoms with van der Waals surface area (Å²) >= 11 is -0.0437. The van der Waals surface area contributed by atoms with Crippen LogP contribution in [0.4, 0.5) is 0 Å². The zero-order valence-corrected chi connectivity index (χ0v) is 11.0. The summed E-state index contributed by atoms with van der Waals surface area (Å²) in [6.45, 7) is 0.904. The van der Waals surface area contributed by atoms with Crippen LogP contribution in [-0.4, -0.2) is 40.2 Å². The summed E-state index contributed by atoms with van der Waals surface area (Å²) in [6, 6.07) is 6.06. The van der Waals surface area contributed by atoms with Gasteiger partial charge in [0.1, 0.15) is 0 Å². The second-order valence-corrected chi connectivity index (χ2v) is 5.25. The Morgan fingerprint density at radius 1 is 1.43 bits per heavy atom. The molecule has 14 heavy (non-hydrogen) atoms. The van der Waals surface area contributed by atoms with Crippen molar-refractivity contribution in [3.05, 3.63) is 23.8 Å². The average molecular weight is 279 g/mol. The molecule has 0 saturated carbocycles. The van der Waals surface area contributed by atoms with E-state index in [-0.39, 0.29) is 14.0 Å². The Morgan fingerprint density at radius 3 is 2.64 bits per heavy atom. The fourth-order valence-corrected chi connectivity index (χ4v) is 3.15. The Bertz CT molecular complexity index is 304. The number of nitrogens with zero attached hydrogens (tertiary/aromatic N) is 1. The fourth-order valence-electron chi connectivity index (χ4n) is 1.27. The molecule has 0 spiro atoms. The molecule has 0 unspecified atom stereocenters. The Kier molecular flexibility index (Phi) is 4.76. The van der Waals surface area contributed by atoms with Crippen LogP contribution in [0.3, 0.4) is 0 Å². The van der Waals surface area contributed by atoms with Crippen molar-refractivity contribution in [3.8, 4) is 5.75 Å². The van der Waals surface area contributed by atoms with Crippen LogP contribution in [0.25, 0.3) is 0 Å². The van der Waals surface area contributed by atoms with Crippen molar-refractivity contribution in [2.75, 3.05) is 21.2 Å². The van der Waals surface area contributed by atoms with Crippen molar-refractivity contribution in [2.24, 2.45) is 0 Å². The predicted molar refractivity (Wildman–Crippen MR) is 61.6 cm³/mol. The average Bonchev–Trinajstić information content (AvgIpc) is 2.16. The summed E-state index contributed by atoms with van der Waals surface area (Å²) in [7, 11) is 11.7. The normalized spacial score (nSPS) is 10.6. The van der Waals surface area contributed by atoms with Crippen molar-refractivity contribution in [1.82, 2.24) is 4.90 Å². The van der Waals surface area contributed by atoms with Crippen molar-refractivity contribution in [1.29, 1.82) is 0 Å². The van der Waals surface area contributed by atoms with E-state index in [0.29, 0.717) is 0 Å². The standard InChI is InChI=1S/C10H14ClNOSe/c1-12(2)7-8-5-4-6-9(13-3)10(8)14-11/h4-6H,7H2,1-3H3. The summed E-state index contributed by atoms with van der Waals surface area (Å²) in [4.78, 5) is 2.13. The molecule has 0 aromatic heterocycles. The summed E-state index contributed by atoms with van der Waals surface area (Å²) in [6.07, 6.45) is 0. The second-order valence-electron chi connectivity index (χ2n) is 3.26. The SMILES string of the molecule is COc1cccc(CN(C)C)c1[Se]Cl. The van der Waals surface area contributed by atoms with E-state index in [2.05, 4.69) is 11.0 Å². The van der Waals surface area contributed by atoms with Gasteiger partial charge in [-0.1, -0.05) is 0 Å². The van der Waals surface area contributed by atoms with Gasteiger partial charge in [-0.25, -0.2) is 0 Å². The minimum atomic E-state index is -0.0437. The van der Waals surface area contributed by atoms with Crippen molar-refractivity contribution >= 4 is 28.6 Å². The van der Waals surface area contributed by atoms with E-state index in [1.807, 2.05) is 26.2 Å². The van der Waals surface area contributed by atoms with Gasteiger partial charge < -0.3 is 0 Å². The summed E-state index contributed by atoms with van der Waals surface area (Å²) in [5.74, 6) is 0.902. The minimum absolute atomic E-state index is 0.0437. The summed E-state index contributed by atoms with van der Waals surface area (Å²) in [5.41, 5.74) is 1.25. The molecular weight excluding hydrogens is 265 g/mol. The molecule has 0 heterocycles. The Labute approximate surface area is 95.6 Å². The van der Waals surface area contributed by atoms with Gasteiger partial charge in [0.25, 0.3) is 0 Å². The van der Waals surface area contributed by atoms with Crippen LogP contribution in [0, 0.1) is 0 Å². The maximum atomic E-state index is 5.96. The third-order valence-electron chi connectivity index (χ3n) is 1.84. The predicted octanol–water partition coefficient (Wildman–Crippen LogP) is 1.24. The topological polar surface area (TPSA) is 12.5 Å². The van der Waals surface area contributed by atoms with Crippen molar-refractivity contribution in [2.45, 2.75) is 6.54 Å². The number of benzene rings is 1. The van der Waals surface area contributed by atoms with E-state index in [0.717, 1.165) is 16.8 Å². The van der Waals surface area contributed by atoms with Crippen molar-refractivity contribution in [3.63, 3.8) is 0 Å². The molecular formula is C10H14ClNOSe. The fraction of sp³-hybridized carbons (Fsp3) is 0.400. The van der Waals surface area contributed by atoms with Gasteiger partial charge in [0.05, 0.1) is 0 Å². The van der Waals surface area contributed by atoms with Gasteiger partial charge in [0.2, 0.25) is 0 Å². The molecule has 0 aliphatic carbocycles. The first kappa shape index (κ1) is 11.9. The van der Waals surface area contributed by atoms with Crippen LogP contribution >= 0.6 is 10.1 Å². The first-order valence-corrected chi connectivity index (χ1v) is 7.39. The molecule has 0 bridgehead atoms. The molecule has 4 heteroatoms. The number of hydrogen-bond donors (Lipinski definition) is 0. The molecule has 0 amide bonds. The monoisotopic (exact) mass is 279 g/mol. The van der Waals surface area contributed by atoms with Crippen LogP contribution in [0.5, 0.6) is 5.75 Å². The Balaban J connectivity index is 3.02. The van der Waals surface area contributed by atoms with Gasteiger partial charge in [-0.2, -0.15) is 0 Å². The number of ether oxygens (including phenoxy) is 1. The summed E-state index contributed by atoms with van der Waals surface area (Å²) in [5, 5.41) is 0. The van der Waals surface area contributed by atoms with Gasteiger partial charge in [-0.3, -0.25) is 0 Å². The molecule has 2 nitrogen and oxygen atoms in total. The first-order chi connectivity index (χ1) is 6.69. The first-order valence-electron chi connectivity index (χ1n) is 4.28. The van der Waals surface area contributed by atoms with Crippen LogP contribution < -0.4 is 9.20 Å². The van der Waals surface area contributed by atoms with Crippen LogP contribution in [0.2, 0.25) is 0 Å². The van der Waals surface area contributed by atoms with E-state index >= 15 is 0 Å². The molecule has 78 valence electrons. The molecule has 0 saturated heterocycles. The molecule has 0 aliphatic rings. The van der Waals surface area contributed by atoms with E-state index in [1.165, 1.54) is 5.56 Å². The molecule has 0 radical (unpaired) electrons. The Morgan fingerprint density at radius 2 is 2.14 bits per heavy atom. The summed E-state index contributed by atoms with van der Waals surface area (Å²) < 4.78 is 6.42. The molecule has 1 aromatic carbocycles. The van der Waals surface area contributed by atoms with Crippen molar-refractivity contribution < 1.29 is 4.74 Å². The molecule has 0 aliphatic heterocycles. The third-order valence-corrected chi connectivity index (χ3v) is 3.94. The quantitative estimate of drug-likeness (QED) is 0.769. The van der Waals surface area contributed by atoms with E-state index in [4.69, 9.17) is 14.8 Å². The zero-order valence-electron chi connectivity index (χ0n) is 8.58. The number of hydrogen-bond acceptors (Lipinski definition) is 2. The zero-order chi connectivity index (χ0) is 10.6. The van der Waals surface area contributed by atoms with Gasteiger partial charge >= 0.3 is 95.5 Å². The van der Waals surface area contributed by atoms with Gasteiger partial charge in [-0.15, -0.1) is 0 Å². The van der Waals surface area contributed by atoms with Crippen LogP contribution in [0.15, 0.2) is 18.2 Å². The molecule has 0 atom stereocenters. The van der Waals surface area contributed by atoms with E-state index in [9.17, 15) is 0 Å². The second kappa shape index (κ2) is 5.62. The third kappa shape index (κ3) is 2.89. The van der Waals surface area contributed by atoms with E-state index < -0.39 is 0 Å². The van der Waals surface area contributed by atoms with Crippen LogP contribution in [0.1, 0.15) is 5.56 Å². The van der Waals surface area contributed by atoms with Crippen LogP contribution in [-0.2, 0) is 6.54 Å². The van der Waals surface area contributed by atoms with Gasteiger partial charge in [0.15, 0.2) is 0 Å². The molecule has 1 aromatic rings. The Hall–Kier alpha value is -0.211. The molecule has 1 rings (SSSR count). The van der Waals surface area contributed by atoms with Gasteiger partial charge in [0, 0.05) is 0 Å². The molecule has 0 fully saturated rings. The maximum absolute atomic E-state index is 5.96. The number of methoxy groups -OCH3 is 1. The van der Waals surface area contributed by atoms with E-state index in [1.54, 1.807) is 7.11 Å². The number of halogens is 1. The van der Waals surface area contributed by atoms with Gasteiger partial charge in [-0.05, 0) is 0 Å².